The van der Waals surface area contributed by atoms with E-state index in [9.17, 15) is 14.4 Å². The first-order valence-corrected chi connectivity index (χ1v) is 8.37. The summed E-state index contributed by atoms with van der Waals surface area (Å²) in [6.07, 6.45) is -0.795. The van der Waals surface area contributed by atoms with E-state index in [2.05, 4.69) is 21.9 Å². The van der Waals surface area contributed by atoms with Gasteiger partial charge in [-0.3, -0.25) is 10.1 Å². The van der Waals surface area contributed by atoms with E-state index in [1.165, 1.54) is 7.11 Å². The van der Waals surface area contributed by atoms with Gasteiger partial charge in [-0.1, -0.05) is 6.58 Å². The highest BCUT2D eigenvalue weighted by atomic mass is 16.6. The van der Waals surface area contributed by atoms with Crippen molar-refractivity contribution in [3.63, 3.8) is 0 Å². The first-order chi connectivity index (χ1) is 12.6. The van der Waals surface area contributed by atoms with Crippen LogP contribution in [0.3, 0.4) is 0 Å². The average molecular weight is 378 g/mol. The number of hydrogen-bond acceptors (Lipinski definition) is 6. The third-order valence-corrected chi connectivity index (χ3v) is 3.15. The van der Waals surface area contributed by atoms with Crippen LogP contribution in [0.5, 0.6) is 5.75 Å². The highest BCUT2D eigenvalue weighted by Crippen LogP contribution is 2.13. The van der Waals surface area contributed by atoms with Gasteiger partial charge in [0.1, 0.15) is 11.4 Å². The summed E-state index contributed by atoms with van der Waals surface area (Å²) in [5.74, 6) is -0.703. The molecule has 0 saturated carbocycles. The van der Waals surface area contributed by atoms with Crippen molar-refractivity contribution in [1.82, 2.24) is 10.6 Å². The molecule has 0 heterocycles. The standard InChI is InChI=1S/C19H26N2O6/c1-7-26-14-10-8-13(9-11-14)16(22)21-15(17(23)25-6)12(2)20-18(24)27-19(3,4)5/h8-11,15H,2,7H2,1,3-6H3,(H,20,24)(H,21,22). The van der Waals surface area contributed by atoms with Crippen LogP contribution in [0.25, 0.3) is 0 Å². The Morgan fingerprint density at radius 1 is 1.15 bits per heavy atom. The van der Waals surface area contributed by atoms with Crippen molar-refractivity contribution in [2.45, 2.75) is 39.3 Å². The topological polar surface area (TPSA) is 103 Å². The van der Waals surface area contributed by atoms with Crippen LogP contribution in [-0.2, 0) is 14.3 Å². The van der Waals surface area contributed by atoms with E-state index in [4.69, 9.17) is 9.47 Å². The first-order valence-electron chi connectivity index (χ1n) is 8.37. The number of carbonyl (C=O) groups excluding carboxylic acids is 3. The van der Waals surface area contributed by atoms with Gasteiger partial charge in [0.25, 0.3) is 5.91 Å². The summed E-state index contributed by atoms with van der Waals surface area (Å²) >= 11 is 0. The van der Waals surface area contributed by atoms with Gasteiger partial charge in [0.15, 0.2) is 6.04 Å². The summed E-state index contributed by atoms with van der Waals surface area (Å²) in [4.78, 5) is 36.3. The third kappa shape index (κ3) is 7.39. The highest BCUT2D eigenvalue weighted by Gasteiger charge is 2.27. The van der Waals surface area contributed by atoms with Gasteiger partial charge in [-0.25, -0.2) is 9.59 Å². The van der Waals surface area contributed by atoms with Crippen LogP contribution in [0.15, 0.2) is 36.5 Å². The van der Waals surface area contributed by atoms with Crippen molar-refractivity contribution >= 4 is 18.0 Å². The Morgan fingerprint density at radius 2 is 1.74 bits per heavy atom. The minimum atomic E-state index is -1.28. The van der Waals surface area contributed by atoms with Gasteiger partial charge < -0.3 is 19.5 Å². The van der Waals surface area contributed by atoms with E-state index in [1.54, 1.807) is 45.0 Å². The molecule has 1 rings (SSSR count). The lowest BCUT2D eigenvalue weighted by atomic mass is 10.1. The predicted molar refractivity (Wildman–Crippen MR) is 99.4 cm³/mol. The smallest absolute Gasteiger partial charge is 0.411 e. The Bertz CT molecular complexity index is 691. The number of esters is 1. The molecule has 148 valence electrons. The van der Waals surface area contributed by atoms with Crippen molar-refractivity contribution in [1.29, 1.82) is 0 Å². The molecule has 8 heteroatoms. The van der Waals surface area contributed by atoms with Crippen LogP contribution in [0, 0.1) is 0 Å². The Kier molecular flexibility index (Phi) is 7.83. The minimum absolute atomic E-state index is 0.0737. The molecule has 1 unspecified atom stereocenters. The number of rotatable bonds is 7. The molecule has 0 fully saturated rings. The normalized spacial score (nSPS) is 11.7. The summed E-state index contributed by atoms with van der Waals surface area (Å²) in [7, 11) is 1.17. The maximum atomic E-state index is 12.4. The Balaban J connectivity index is 2.84. The number of hydrogen-bond donors (Lipinski definition) is 2. The molecule has 2 amide bonds. The second-order valence-electron chi connectivity index (χ2n) is 6.54. The lowest BCUT2D eigenvalue weighted by Crippen LogP contribution is -2.47. The van der Waals surface area contributed by atoms with Crippen LogP contribution < -0.4 is 15.4 Å². The number of nitrogens with one attached hydrogen (secondary N) is 2. The Morgan fingerprint density at radius 3 is 2.22 bits per heavy atom. The molecule has 0 aliphatic heterocycles. The zero-order valence-corrected chi connectivity index (χ0v) is 16.3. The molecule has 1 aromatic carbocycles. The lowest BCUT2D eigenvalue weighted by molar-refractivity contribution is -0.141. The van der Waals surface area contributed by atoms with Crippen LogP contribution in [0.2, 0.25) is 0 Å². The number of benzene rings is 1. The molecule has 0 aliphatic rings. The quantitative estimate of drug-likeness (QED) is 0.706. The fourth-order valence-corrected chi connectivity index (χ4v) is 2.00. The summed E-state index contributed by atoms with van der Waals surface area (Å²) in [5.41, 5.74) is -0.496. The molecule has 1 aromatic rings. The minimum Gasteiger partial charge on any atom is -0.494 e. The second-order valence-corrected chi connectivity index (χ2v) is 6.54. The van der Waals surface area contributed by atoms with Crippen molar-refractivity contribution in [2.24, 2.45) is 0 Å². The van der Waals surface area contributed by atoms with Gasteiger partial charge in [0.05, 0.1) is 13.7 Å². The molecular formula is C19H26N2O6. The molecule has 0 bridgehead atoms. The molecule has 1 atom stereocenters. The van der Waals surface area contributed by atoms with Crippen molar-refractivity contribution in [3.8, 4) is 5.75 Å². The molecule has 0 saturated heterocycles. The lowest BCUT2D eigenvalue weighted by Gasteiger charge is -2.23. The third-order valence-electron chi connectivity index (χ3n) is 3.15. The van der Waals surface area contributed by atoms with Crippen molar-refractivity contribution < 1.29 is 28.6 Å². The number of ether oxygens (including phenoxy) is 3. The zero-order chi connectivity index (χ0) is 20.6. The zero-order valence-electron chi connectivity index (χ0n) is 16.3. The Hall–Kier alpha value is -3.03. The van der Waals surface area contributed by atoms with Gasteiger partial charge in [0.2, 0.25) is 0 Å². The van der Waals surface area contributed by atoms with Crippen LogP contribution >= 0.6 is 0 Å². The molecular weight excluding hydrogens is 352 g/mol. The molecule has 0 aliphatic carbocycles. The van der Waals surface area contributed by atoms with Gasteiger partial charge in [-0.2, -0.15) is 0 Å². The SMILES string of the molecule is C=C(NC(=O)OC(C)(C)C)C(NC(=O)c1ccc(OCC)cc1)C(=O)OC. The maximum Gasteiger partial charge on any atom is 0.411 e. The van der Waals surface area contributed by atoms with Crippen LogP contribution in [0.4, 0.5) is 4.79 Å². The molecule has 8 nitrogen and oxygen atoms in total. The largest absolute Gasteiger partial charge is 0.494 e. The number of methoxy groups -OCH3 is 1. The van der Waals surface area contributed by atoms with Gasteiger partial charge in [0, 0.05) is 11.3 Å². The van der Waals surface area contributed by atoms with E-state index in [0.717, 1.165) is 0 Å². The molecule has 27 heavy (non-hydrogen) atoms. The predicted octanol–water partition coefficient (Wildman–Crippen LogP) is 2.40. The summed E-state index contributed by atoms with van der Waals surface area (Å²) in [5, 5.41) is 4.82. The molecule has 0 spiro atoms. The van der Waals surface area contributed by atoms with E-state index in [-0.39, 0.29) is 5.70 Å². The van der Waals surface area contributed by atoms with Gasteiger partial charge in [-0.15, -0.1) is 0 Å². The van der Waals surface area contributed by atoms with Crippen LogP contribution in [-0.4, -0.2) is 43.3 Å². The fraction of sp³-hybridized carbons (Fsp3) is 0.421. The summed E-state index contributed by atoms with van der Waals surface area (Å²) < 4.78 is 15.1. The van der Waals surface area contributed by atoms with Gasteiger partial charge >= 0.3 is 12.1 Å². The van der Waals surface area contributed by atoms with Crippen molar-refractivity contribution in [2.75, 3.05) is 13.7 Å². The summed E-state index contributed by atoms with van der Waals surface area (Å²) in [6, 6.07) is 5.11. The van der Waals surface area contributed by atoms with E-state index in [1.807, 2.05) is 6.92 Å². The highest BCUT2D eigenvalue weighted by molar-refractivity contribution is 5.97. The monoisotopic (exact) mass is 378 g/mol. The fourth-order valence-electron chi connectivity index (χ4n) is 2.00. The van der Waals surface area contributed by atoms with Gasteiger partial charge in [-0.05, 0) is 52.0 Å². The number of alkyl carbamates (subject to hydrolysis) is 1. The van der Waals surface area contributed by atoms with Crippen LogP contribution in [0.1, 0.15) is 38.1 Å². The molecule has 0 aromatic heterocycles. The van der Waals surface area contributed by atoms with E-state index in [0.29, 0.717) is 17.9 Å². The van der Waals surface area contributed by atoms with E-state index >= 15 is 0 Å². The summed E-state index contributed by atoms with van der Waals surface area (Å²) in [6.45, 7) is 11.1. The first kappa shape index (κ1) is 22.0. The van der Waals surface area contributed by atoms with Crippen molar-refractivity contribution in [3.05, 3.63) is 42.1 Å². The average Bonchev–Trinajstić information content (AvgIpc) is 2.57. The maximum absolute atomic E-state index is 12.4. The number of carbonyl (C=O) groups is 3. The number of amides is 2. The Labute approximate surface area is 158 Å². The van der Waals surface area contributed by atoms with E-state index < -0.39 is 29.6 Å². The second kappa shape index (κ2) is 9.61. The molecule has 2 N–H and O–H groups in total. The molecule has 0 radical (unpaired) electrons.